The fraction of sp³-hybridized carbons (Fsp3) is 0.0417. The number of rotatable bonds is 4. The number of hydrogen-bond acceptors (Lipinski definition) is 4. The Morgan fingerprint density at radius 2 is 1.47 bits per heavy atom. The number of carbonyl (C=O) groups is 3. The monoisotopic (exact) mass is 491 g/mol. The Labute approximate surface area is 191 Å². The Morgan fingerprint density at radius 1 is 0.781 bits per heavy atom. The molecule has 1 heterocycles. The molecule has 0 fully saturated rings. The van der Waals surface area contributed by atoms with Crippen molar-refractivity contribution in [3.63, 3.8) is 0 Å². The number of carbonyl (C=O) groups excluding carboxylic acids is 3. The van der Waals surface area contributed by atoms with E-state index in [0.717, 1.165) is 9.86 Å². The minimum absolute atomic E-state index is 0.126. The molecule has 0 unspecified atom stereocenters. The van der Waals surface area contributed by atoms with Crippen LogP contribution in [0.15, 0.2) is 81.7 Å². The number of para-hydroxylation sites is 1. The van der Waals surface area contributed by atoms with Crippen molar-refractivity contribution >= 4 is 50.3 Å². The number of benzene rings is 3. The fourth-order valence-electron chi connectivity index (χ4n) is 3.20. The second kappa shape index (κ2) is 9.07. The van der Waals surface area contributed by atoms with Gasteiger partial charge in [0, 0.05) is 32.2 Å². The van der Waals surface area contributed by atoms with Gasteiger partial charge in [0.15, 0.2) is 5.76 Å². The first kappa shape index (κ1) is 21.3. The van der Waals surface area contributed by atoms with E-state index in [1.54, 1.807) is 49.4 Å². The normalized spacial score (nSPS) is 10.6. The van der Waals surface area contributed by atoms with Gasteiger partial charge in [-0.3, -0.25) is 25.2 Å². The standard InChI is InChI=1S/C24H18BrN3O4/c1-14-19-10-2-3-11-20(19)32-21(14)24(31)28-27-23(30)16-7-5-9-18(13-16)26-22(29)15-6-4-8-17(25)12-15/h2-13H,1H3,(H,26,29)(H,27,30)(H,28,31). The molecule has 0 spiro atoms. The van der Waals surface area contributed by atoms with E-state index >= 15 is 0 Å². The summed E-state index contributed by atoms with van der Waals surface area (Å²) in [5.74, 6) is -1.28. The summed E-state index contributed by atoms with van der Waals surface area (Å²) in [6.07, 6.45) is 0. The van der Waals surface area contributed by atoms with E-state index in [1.807, 2.05) is 24.3 Å². The number of hydrazine groups is 1. The van der Waals surface area contributed by atoms with Crippen molar-refractivity contribution in [3.05, 3.63) is 99.7 Å². The summed E-state index contributed by atoms with van der Waals surface area (Å²) in [6.45, 7) is 1.78. The summed E-state index contributed by atoms with van der Waals surface area (Å²) >= 11 is 3.33. The Hall–Kier alpha value is -3.91. The lowest BCUT2D eigenvalue weighted by Crippen LogP contribution is -2.41. The highest BCUT2D eigenvalue weighted by Gasteiger charge is 2.18. The lowest BCUT2D eigenvalue weighted by atomic mass is 10.1. The number of nitrogens with one attached hydrogen (secondary N) is 3. The molecule has 32 heavy (non-hydrogen) atoms. The van der Waals surface area contributed by atoms with Gasteiger partial charge in [-0.1, -0.05) is 46.3 Å². The Bertz CT molecular complexity index is 1350. The maximum Gasteiger partial charge on any atom is 0.305 e. The zero-order valence-electron chi connectivity index (χ0n) is 16.9. The van der Waals surface area contributed by atoms with Gasteiger partial charge >= 0.3 is 5.91 Å². The number of fused-ring (bicyclic) bond motifs is 1. The van der Waals surface area contributed by atoms with Crippen LogP contribution in [0.1, 0.15) is 36.8 Å². The van der Waals surface area contributed by atoms with Gasteiger partial charge < -0.3 is 9.73 Å². The van der Waals surface area contributed by atoms with Gasteiger partial charge in [0.05, 0.1) is 0 Å². The summed E-state index contributed by atoms with van der Waals surface area (Å²) in [5, 5.41) is 3.58. The predicted octanol–water partition coefficient (Wildman–Crippen LogP) is 4.83. The number of aryl methyl sites for hydroxylation is 1. The van der Waals surface area contributed by atoms with E-state index in [-0.39, 0.29) is 17.2 Å². The Balaban J connectivity index is 1.42. The number of halogens is 1. The number of anilines is 1. The highest BCUT2D eigenvalue weighted by Crippen LogP contribution is 2.24. The molecule has 160 valence electrons. The van der Waals surface area contributed by atoms with Crippen molar-refractivity contribution in [3.8, 4) is 0 Å². The minimum Gasteiger partial charge on any atom is -0.451 e. The molecule has 0 aliphatic carbocycles. The molecule has 7 nitrogen and oxygen atoms in total. The van der Waals surface area contributed by atoms with Gasteiger partial charge in [0.2, 0.25) is 0 Å². The number of furan rings is 1. The molecule has 0 bridgehead atoms. The maximum atomic E-state index is 12.5. The maximum absolute atomic E-state index is 12.5. The zero-order chi connectivity index (χ0) is 22.7. The largest absolute Gasteiger partial charge is 0.451 e. The van der Waals surface area contributed by atoms with Gasteiger partial charge in [0.25, 0.3) is 11.8 Å². The first-order valence-corrected chi connectivity index (χ1v) is 10.5. The molecular weight excluding hydrogens is 474 g/mol. The molecule has 1 aromatic heterocycles. The van der Waals surface area contributed by atoms with Crippen LogP contribution in [-0.4, -0.2) is 17.7 Å². The van der Waals surface area contributed by atoms with Gasteiger partial charge in [-0.15, -0.1) is 0 Å². The van der Waals surface area contributed by atoms with Crippen LogP contribution in [-0.2, 0) is 0 Å². The van der Waals surface area contributed by atoms with Crippen LogP contribution in [0, 0.1) is 6.92 Å². The van der Waals surface area contributed by atoms with Crippen molar-refractivity contribution < 1.29 is 18.8 Å². The second-order valence-electron chi connectivity index (χ2n) is 7.01. The molecule has 0 saturated carbocycles. The van der Waals surface area contributed by atoms with Gasteiger partial charge in [-0.2, -0.15) is 0 Å². The predicted molar refractivity (Wildman–Crippen MR) is 124 cm³/mol. The molecule has 3 aromatic carbocycles. The summed E-state index contributed by atoms with van der Waals surface area (Å²) in [5.41, 5.74) is 7.20. The zero-order valence-corrected chi connectivity index (χ0v) is 18.5. The minimum atomic E-state index is -0.564. The molecule has 0 aliphatic rings. The molecule has 8 heteroatoms. The van der Waals surface area contributed by atoms with Crippen molar-refractivity contribution in [2.24, 2.45) is 0 Å². The van der Waals surface area contributed by atoms with Gasteiger partial charge in [-0.25, -0.2) is 0 Å². The lowest BCUT2D eigenvalue weighted by molar-refractivity contribution is 0.0831. The Morgan fingerprint density at radius 3 is 2.22 bits per heavy atom. The Kier molecular flexibility index (Phi) is 6.04. The summed E-state index contributed by atoms with van der Waals surface area (Å²) in [7, 11) is 0. The molecule has 0 radical (unpaired) electrons. The highest BCUT2D eigenvalue weighted by atomic mass is 79.9. The molecule has 0 saturated heterocycles. The molecule has 3 N–H and O–H groups in total. The molecular formula is C24H18BrN3O4. The topological polar surface area (TPSA) is 100 Å². The molecule has 0 atom stereocenters. The van der Waals surface area contributed by atoms with Crippen LogP contribution >= 0.6 is 15.9 Å². The van der Waals surface area contributed by atoms with Crippen molar-refractivity contribution in [2.75, 3.05) is 5.32 Å². The first-order valence-electron chi connectivity index (χ1n) is 9.68. The molecule has 0 aliphatic heterocycles. The van der Waals surface area contributed by atoms with E-state index in [2.05, 4.69) is 32.1 Å². The quantitative estimate of drug-likeness (QED) is 0.356. The van der Waals surface area contributed by atoms with Crippen molar-refractivity contribution in [1.82, 2.24) is 10.9 Å². The van der Waals surface area contributed by atoms with Crippen molar-refractivity contribution in [1.29, 1.82) is 0 Å². The van der Waals surface area contributed by atoms with E-state index in [4.69, 9.17) is 4.42 Å². The van der Waals surface area contributed by atoms with E-state index < -0.39 is 11.8 Å². The number of amides is 3. The SMILES string of the molecule is Cc1c(C(=O)NNC(=O)c2cccc(NC(=O)c3cccc(Br)c3)c2)oc2ccccc12. The third-order valence-electron chi connectivity index (χ3n) is 4.81. The van der Waals surface area contributed by atoms with Gasteiger partial charge in [-0.05, 0) is 49.4 Å². The van der Waals surface area contributed by atoms with E-state index in [1.165, 1.54) is 6.07 Å². The van der Waals surface area contributed by atoms with Crippen LogP contribution in [0.3, 0.4) is 0 Å². The van der Waals surface area contributed by atoms with Crippen LogP contribution in [0.4, 0.5) is 5.69 Å². The van der Waals surface area contributed by atoms with Crippen LogP contribution < -0.4 is 16.2 Å². The molecule has 3 amide bonds. The average molecular weight is 492 g/mol. The number of hydrogen-bond donors (Lipinski definition) is 3. The lowest BCUT2D eigenvalue weighted by Gasteiger charge is -2.09. The summed E-state index contributed by atoms with van der Waals surface area (Å²) in [6, 6.07) is 20.7. The average Bonchev–Trinajstić information content (AvgIpc) is 3.14. The van der Waals surface area contributed by atoms with Crippen molar-refractivity contribution in [2.45, 2.75) is 6.92 Å². The molecule has 4 aromatic rings. The van der Waals surface area contributed by atoms with Crippen LogP contribution in [0.5, 0.6) is 0 Å². The molecule has 4 rings (SSSR count). The first-order chi connectivity index (χ1) is 15.4. The van der Waals surface area contributed by atoms with Gasteiger partial charge in [0.1, 0.15) is 5.58 Å². The summed E-state index contributed by atoms with van der Waals surface area (Å²) in [4.78, 5) is 37.4. The second-order valence-corrected chi connectivity index (χ2v) is 7.92. The van der Waals surface area contributed by atoms with Crippen LogP contribution in [0.25, 0.3) is 11.0 Å². The van der Waals surface area contributed by atoms with E-state index in [0.29, 0.717) is 22.4 Å². The van der Waals surface area contributed by atoms with Crippen LogP contribution in [0.2, 0.25) is 0 Å². The third-order valence-corrected chi connectivity index (χ3v) is 5.30. The highest BCUT2D eigenvalue weighted by molar-refractivity contribution is 9.10. The summed E-state index contributed by atoms with van der Waals surface area (Å²) < 4.78 is 6.38. The fourth-order valence-corrected chi connectivity index (χ4v) is 3.60. The van der Waals surface area contributed by atoms with E-state index in [9.17, 15) is 14.4 Å². The smallest absolute Gasteiger partial charge is 0.305 e. The third kappa shape index (κ3) is 4.55.